The first kappa shape index (κ1) is 12.3. The SMILES string of the molecule is COc1cc(Br)cc(-c2cnoc2N)c1OC1CC1. The maximum absolute atomic E-state index is 5.94. The predicted octanol–water partition coefficient (Wildman–Crippen LogP) is 3.24. The molecule has 1 aliphatic rings. The smallest absolute Gasteiger partial charge is 0.230 e. The second-order valence-corrected chi connectivity index (χ2v) is 5.32. The largest absolute Gasteiger partial charge is 0.493 e. The van der Waals surface area contributed by atoms with Gasteiger partial charge in [-0.05, 0) is 25.0 Å². The van der Waals surface area contributed by atoms with Gasteiger partial charge in [-0.25, -0.2) is 0 Å². The van der Waals surface area contributed by atoms with Gasteiger partial charge in [0, 0.05) is 10.0 Å². The molecule has 2 N–H and O–H groups in total. The van der Waals surface area contributed by atoms with Gasteiger partial charge < -0.3 is 19.7 Å². The molecule has 0 saturated heterocycles. The van der Waals surface area contributed by atoms with E-state index in [9.17, 15) is 0 Å². The van der Waals surface area contributed by atoms with E-state index in [1.165, 1.54) is 0 Å². The molecule has 1 aliphatic carbocycles. The third kappa shape index (κ3) is 2.40. The predicted molar refractivity (Wildman–Crippen MR) is 74.3 cm³/mol. The van der Waals surface area contributed by atoms with Crippen LogP contribution >= 0.6 is 15.9 Å². The van der Waals surface area contributed by atoms with Gasteiger partial charge in [-0.1, -0.05) is 21.1 Å². The lowest BCUT2D eigenvalue weighted by Gasteiger charge is -2.14. The molecule has 0 unspecified atom stereocenters. The summed E-state index contributed by atoms with van der Waals surface area (Å²) in [4.78, 5) is 0. The molecule has 6 heteroatoms. The van der Waals surface area contributed by atoms with Crippen molar-refractivity contribution in [1.29, 1.82) is 0 Å². The van der Waals surface area contributed by atoms with Gasteiger partial charge in [0.05, 0.1) is 25.0 Å². The molecule has 1 fully saturated rings. The Morgan fingerprint density at radius 2 is 2.16 bits per heavy atom. The minimum atomic E-state index is 0.259. The van der Waals surface area contributed by atoms with Gasteiger partial charge in [0.1, 0.15) is 0 Å². The van der Waals surface area contributed by atoms with E-state index in [-0.39, 0.29) is 12.0 Å². The summed E-state index contributed by atoms with van der Waals surface area (Å²) in [6.45, 7) is 0. The molecule has 2 aromatic rings. The molecule has 1 aromatic carbocycles. The molecular weight excluding hydrogens is 312 g/mol. The summed E-state index contributed by atoms with van der Waals surface area (Å²) in [6, 6.07) is 3.79. The van der Waals surface area contributed by atoms with Crippen molar-refractivity contribution in [2.75, 3.05) is 12.8 Å². The number of nitrogen functional groups attached to an aromatic ring is 1. The summed E-state index contributed by atoms with van der Waals surface area (Å²) in [6.07, 6.45) is 3.97. The van der Waals surface area contributed by atoms with Gasteiger partial charge >= 0.3 is 0 Å². The zero-order chi connectivity index (χ0) is 13.4. The number of hydrogen-bond acceptors (Lipinski definition) is 5. The Morgan fingerprint density at radius 3 is 2.74 bits per heavy atom. The summed E-state index contributed by atoms with van der Waals surface area (Å²) < 4.78 is 17.1. The molecule has 19 heavy (non-hydrogen) atoms. The second kappa shape index (κ2) is 4.77. The van der Waals surface area contributed by atoms with Crippen molar-refractivity contribution < 1.29 is 14.0 Å². The molecular formula is C13H13BrN2O3. The summed E-state index contributed by atoms with van der Waals surface area (Å²) in [5.41, 5.74) is 7.31. The van der Waals surface area contributed by atoms with E-state index >= 15 is 0 Å². The molecule has 0 aliphatic heterocycles. The fourth-order valence-corrected chi connectivity index (χ4v) is 2.28. The Bertz CT molecular complexity index is 608. The monoisotopic (exact) mass is 324 g/mol. The molecule has 0 radical (unpaired) electrons. The van der Waals surface area contributed by atoms with Gasteiger partial charge in [0.15, 0.2) is 11.5 Å². The lowest BCUT2D eigenvalue weighted by Crippen LogP contribution is -2.01. The first-order valence-electron chi connectivity index (χ1n) is 5.93. The fourth-order valence-electron chi connectivity index (χ4n) is 1.85. The minimum absolute atomic E-state index is 0.259. The Hall–Kier alpha value is -1.69. The highest BCUT2D eigenvalue weighted by molar-refractivity contribution is 9.10. The Labute approximate surface area is 118 Å². The van der Waals surface area contributed by atoms with Crippen LogP contribution in [0.25, 0.3) is 11.1 Å². The average molecular weight is 325 g/mol. The number of benzene rings is 1. The van der Waals surface area contributed by atoms with Crippen molar-refractivity contribution in [1.82, 2.24) is 5.16 Å². The number of halogens is 1. The Kier molecular flexibility index (Phi) is 3.10. The minimum Gasteiger partial charge on any atom is -0.493 e. The number of rotatable bonds is 4. The van der Waals surface area contributed by atoms with Crippen LogP contribution in [-0.4, -0.2) is 18.4 Å². The number of methoxy groups -OCH3 is 1. The van der Waals surface area contributed by atoms with Crippen LogP contribution < -0.4 is 15.2 Å². The molecule has 5 nitrogen and oxygen atoms in total. The van der Waals surface area contributed by atoms with E-state index in [0.717, 1.165) is 22.9 Å². The quantitative estimate of drug-likeness (QED) is 0.934. The normalized spacial score (nSPS) is 14.4. The number of aromatic nitrogens is 1. The highest BCUT2D eigenvalue weighted by atomic mass is 79.9. The van der Waals surface area contributed by atoms with E-state index in [4.69, 9.17) is 19.7 Å². The van der Waals surface area contributed by atoms with Crippen molar-refractivity contribution in [3.63, 3.8) is 0 Å². The number of hydrogen-bond donors (Lipinski definition) is 1. The molecule has 0 bridgehead atoms. The van der Waals surface area contributed by atoms with Gasteiger partial charge in [-0.15, -0.1) is 0 Å². The number of nitrogens with zero attached hydrogens (tertiary/aromatic N) is 1. The summed E-state index contributed by atoms with van der Waals surface area (Å²) in [7, 11) is 1.61. The van der Waals surface area contributed by atoms with Crippen molar-refractivity contribution in [2.45, 2.75) is 18.9 Å². The van der Waals surface area contributed by atoms with E-state index in [1.54, 1.807) is 13.3 Å². The molecule has 1 heterocycles. The molecule has 0 spiro atoms. The van der Waals surface area contributed by atoms with Crippen molar-refractivity contribution >= 4 is 21.8 Å². The molecule has 1 aromatic heterocycles. The van der Waals surface area contributed by atoms with Crippen LogP contribution in [0, 0.1) is 0 Å². The van der Waals surface area contributed by atoms with E-state index in [1.807, 2.05) is 12.1 Å². The maximum atomic E-state index is 5.94. The lowest BCUT2D eigenvalue weighted by atomic mass is 10.1. The van der Waals surface area contributed by atoms with E-state index < -0.39 is 0 Å². The highest BCUT2D eigenvalue weighted by Gasteiger charge is 2.28. The summed E-state index contributed by atoms with van der Waals surface area (Å²) in [5, 5.41) is 3.71. The molecule has 3 rings (SSSR count). The standard InChI is InChI=1S/C13H13BrN2O3/c1-17-11-5-7(14)4-9(10-6-16-19-13(10)15)12(11)18-8-2-3-8/h4-6,8H,2-3,15H2,1H3. The molecule has 1 saturated carbocycles. The zero-order valence-corrected chi connectivity index (χ0v) is 11.9. The maximum Gasteiger partial charge on any atom is 0.230 e. The third-order valence-electron chi connectivity index (χ3n) is 2.94. The van der Waals surface area contributed by atoms with Gasteiger partial charge in [-0.2, -0.15) is 0 Å². The second-order valence-electron chi connectivity index (χ2n) is 4.41. The lowest BCUT2D eigenvalue weighted by molar-refractivity contribution is 0.283. The van der Waals surface area contributed by atoms with Gasteiger partial charge in [0.2, 0.25) is 5.88 Å². The summed E-state index contributed by atoms with van der Waals surface area (Å²) in [5.74, 6) is 1.61. The van der Waals surface area contributed by atoms with Crippen molar-refractivity contribution in [2.24, 2.45) is 0 Å². The number of anilines is 1. The average Bonchev–Trinajstić information content (AvgIpc) is 3.11. The zero-order valence-electron chi connectivity index (χ0n) is 10.4. The van der Waals surface area contributed by atoms with E-state index in [0.29, 0.717) is 17.1 Å². The first-order valence-corrected chi connectivity index (χ1v) is 6.73. The van der Waals surface area contributed by atoms with Gasteiger partial charge in [-0.3, -0.25) is 0 Å². The Morgan fingerprint density at radius 1 is 1.37 bits per heavy atom. The van der Waals surface area contributed by atoms with Crippen LogP contribution in [0.3, 0.4) is 0 Å². The number of nitrogens with two attached hydrogens (primary N) is 1. The third-order valence-corrected chi connectivity index (χ3v) is 3.39. The topological polar surface area (TPSA) is 70.5 Å². The van der Waals surface area contributed by atoms with Crippen molar-refractivity contribution in [3.05, 3.63) is 22.8 Å². The molecule has 100 valence electrons. The Balaban J connectivity index is 2.14. The summed E-state index contributed by atoms with van der Waals surface area (Å²) >= 11 is 3.45. The first-order chi connectivity index (χ1) is 9.19. The van der Waals surface area contributed by atoms with Crippen LogP contribution in [0.2, 0.25) is 0 Å². The van der Waals surface area contributed by atoms with E-state index in [2.05, 4.69) is 21.1 Å². The molecule has 0 atom stereocenters. The van der Waals surface area contributed by atoms with Crippen LogP contribution in [0.4, 0.5) is 5.88 Å². The number of ether oxygens (including phenoxy) is 2. The molecule has 0 amide bonds. The fraction of sp³-hybridized carbons (Fsp3) is 0.308. The van der Waals surface area contributed by atoms with Crippen LogP contribution in [-0.2, 0) is 0 Å². The van der Waals surface area contributed by atoms with Crippen LogP contribution in [0.15, 0.2) is 27.3 Å². The highest BCUT2D eigenvalue weighted by Crippen LogP contribution is 2.44. The van der Waals surface area contributed by atoms with Crippen LogP contribution in [0.1, 0.15) is 12.8 Å². The van der Waals surface area contributed by atoms with Crippen LogP contribution in [0.5, 0.6) is 11.5 Å². The van der Waals surface area contributed by atoms with Gasteiger partial charge in [0.25, 0.3) is 0 Å². The van der Waals surface area contributed by atoms with Crippen molar-refractivity contribution in [3.8, 4) is 22.6 Å².